The zero-order valence-electron chi connectivity index (χ0n) is 12.7. The lowest BCUT2D eigenvalue weighted by atomic mass is 10.1. The van der Waals surface area contributed by atoms with Gasteiger partial charge >= 0.3 is 0 Å². The average molecular weight is 289 g/mol. The van der Waals surface area contributed by atoms with Gasteiger partial charge in [-0.2, -0.15) is 4.98 Å². The number of ether oxygens (including phenoxy) is 1. The van der Waals surface area contributed by atoms with Gasteiger partial charge in [0.1, 0.15) is 0 Å². The van der Waals surface area contributed by atoms with Crippen molar-refractivity contribution in [2.45, 2.75) is 39.2 Å². The van der Waals surface area contributed by atoms with Crippen molar-refractivity contribution in [2.24, 2.45) is 5.73 Å². The molecule has 1 aromatic carbocycles. The Labute approximate surface area is 125 Å². The molecule has 0 aliphatic rings. The Balaban J connectivity index is 1.83. The minimum atomic E-state index is -0.326. The van der Waals surface area contributed by atoms with Crippen LogP contribution in [0.1, 0.15) is 42.2 Å². The molecule has 2 rings (SSSR count). The van der Waals surface area contributed by atoms with E-state index in [4.69, 9.17) is 15.0 Å². The minimum Gasteiger partial charge on any atom is -0.379 e. The Hall–Kier alpha value is -1.72. The van der Waals surface area contributed by atoms with E-state index in [2.05, 4.69) is 48.3 Å². The molecule has 1 atom stereocenters. The van der Waals surface area contributed by atoms with Crippen LogP contribution in [0.3, 0.4) is 0 Å². The van der Waals surface area contributed by atoms with Gasteiger partial charge in [-0.25, -0.2) is 0 Å². The minimum absolute atomic E-state index is 0.326. The summed E-state index contributed by atoms with van der Waals surface area (Å²) in [6.45, 7) is 5.26. The van der Waals surface area contributed by atoms with E-state index in [0.717, 1.165) is 19.3 Å². The molecule has 114 valence electrons. The summed E-state index contributed by atoms with van der Waals surface area (Å²) >= 11 is 0. The number of hydrogen-bond acceptors (Lipinski definition) is 5. The Morgan fingerprint density at radius 1 is 1.24 bits per heavy atom. The number of benzene rings is 1. The highest BCUT2D eigenvalue weighted by molar-refractivity contribution is 5.21. The van der Waals surface area contributed by atoms with E-state index < -0.39 is 0 Å². The van der Waals surface area contributed by atoms with Crippen LogP contribution >= 0.6 is 0 Å². The maximum absolute atomic E-state index is 5.96. The predicted octanol–water partition coefficient (Wildman–Crippen LogP) is 2.59. The number of nitrogens with zero attached hydrogens (tertiary/aromatic N) is 2. The van der Waals surface area contributed by atoms with Gasteiger partial charge in [0.05, 0.1) is 12.6 Å². The molecular weight excluding hydrogens is 266 g/mol. The summed E-state index contributed by atoms with van der Waals surface area (Å²) in [6, 6.07) is 8.13. The predicted molar refractivity (Wildman–Crippen MR) is 80.9 cm³/mol. The van der Waals surface area contributed by atoms with Gasteiger partial charge in [0.15, 0.2) is 5.82 Å². The third kappa shape index (κ3) is 4.95. The molecule has 0 saturated carbocycles. The molecular formula is C16H23N3O2. The van der Waals surface area contributed by atoms with Crippen LogP contribution in [0.15, 0.2) is 28.8 Å². The van der Waals surface area contributed by atoms with Gasteiger partial charge in [0.25, 0.3) is 0 Å². The van der Waals surface area contributed by atoms with Gasteiger partial charge in [-0.1, -0.05) is 41.9 Å². The van der Waals surface area contributed by atoms with Crippen LogP contribution in [0.25, 0.3) is 0 Å². The van der Waals surface area contributed by atoms with E-state index in [1.54, 1.807) is 0 Å². The average Bonchev–Trinajstić information content (AvgIpc) is 2.96. The van der Waals surface area contributed by atoms with Gasteiger partial charge in [0.2, 0.25) is 5.89 Å². The smallest absolute Gasteiger partial charge is 0.227 e. The highest BCUT2D eigenvalue weighted by atomic mass is 16.5. The van der Waals surface area contributed by atoms with Crippen molar-refractivity contribution in [1.82, 2.24) is 10.1 Å². The lowest BCUT2D eigenvalue weighted by molar-refractivity contribution is 0.119. The fraction of sp³-hybridized carbons (Fsp3) is 0.500. The zero-order chi connectivity index (χ0) is 15.1. The molecule has 2 aromatic rings. The summed E-state index contributed by atoms with van der Waals surface area (Å²) in [5, 5.41) is 3.93. The van der Waals surface area contributed by atoms with Crippen molar-refractivity contribution in [2.75, 3.05) is 13.2 Å². The summed E-state index contributed by atoms with van der Waals surface area (Å²) in [6.07, 6.45) is 2.57. The molecule has 1 heterocycles. The van der Waals surface area contributed by atoms with Crippen LogP contribution in [0.5, 0.6) is 0 Å². The van der Waals surface area contributed by atoms with Gasteiger partial charge in [-0.3, -0.25) is 0 Å². The molecule has 0 radical (unpaired) electrons. The van der Waals surface area contributed by atoms with Crippen LogP contribution in [0.4, 0.5) is 0 Å². The van der Waals surface area contributed by atoms with E-state index in [9.17, 15) is 0 Å². The van der Waals surface area contributed by atoms with Gasteiger partial charge in [-0.05, 0) is 25.3 Å². The van der Waals surface area contributed by atoms with Crippen LogP contribution in [0.2, 0.25) is 0 Å². The summed E-state index contributed by atoms with van der Waals surface area (Å²) < 4.78 is 10.6. The molecule has 5 nitrogen and oxygen atoms in total. The molecule has 5 heteroatoms. The zero-order valence-corrected chi connectivity index (χ0v) is 12.7. The third-order valence-corrected chi connectivity index (χ3v) is 3.21. The third-order valence-electron chi connectivity index (χ3n) is 3.21. The molecule has 0 saturated heterocycles. The van der Waals surface area contributed by atoms with Gasteiger partial charge < -0.3 is 15.0 Å². The molecule has 0 fully saturated rings. The topological polar surface area (TPSA) is 74.2 Å². The van der Waals surface area contributed by atoms with Crippen LogP contribution in [0, 0.1) is 6.92 Å². The Morgan fingerprint density at radius 2 is 2.00 bits per heavy atom. The second-order valence-electron chi connectivity index (χ2n) is 5.21. The number of aryl methyl sites for hydroxylation is 3. The normalized spacial score (nSPS) is 12.5. The maximum Gasteiger partial charge on any atom is 0.227 e. The SMILES string of the molecule is CCCOCC(N)c1noc(CCc2ccc(C)cc2)n1. The van der Waals surface area contributed by atoms with Crippen LogP contribution < -0.4 is 5.73 Å². The fourth-order valence-corrected chi connectivity index (χ4v) is 1.96. The number of hydrogen-bond donors (Lipinski definition) is 1. The van der Waals surface area contributed by atoms with Crippen molar-refractivity contribution >= 4 is 0 Å². The van der Waals surface area contributed by atoms with E-state index in [1.165, 1.54) is 11.1 Å². The van der Waals surface area contributed by atoms with E-state index in [0.29, 0.717) is 24.9 Å². The van der Waals surface area contributed by atoms with Crippen molar-refractivity contribution < 1.29 is 9.26 Å². The lowest BCUT2D eigenvalue weighted by Crippen LogP contribution is -2.18. The van der Waals surface area contributed by atoms with Crippen molar-refractivity contribution in [1.29, 1.82) is 0 Å². The summed E-state index contributed by atoms with van der Waals surface area (Å²) in [7, 11) is 0. The standard InChI is InChI=1S/C16H23N3O2/c1-3-10-20-11-14(17)16-18-15(21-19-16)9-8-13-6-4-12(2)5-7-13/h4-7,14H,3,8-11,17H2,1-2H3. The van der Waals surface area contributed by atoms with E-state index in [-0.39, 0.29) is 6.04 Å². The fourth-order valence-electron chi connectivity index (χ4n) is 1.96. The molecule has 2 N–H and O–H groups in total. The summed E-state index contributed by atoms with van der Waals surface area (Å²) in [4.78, 5) is 4.34. The first-order valence-corrected chi connectivity index (χ1v) is 7.40. The molecule has 1 unspecified atom stereocenters. The second-order valence-corrected chi connectivity index (χ2v) is 5.21. The molecule has 21 heavy (non-hydrogen) atoms. The number of aromatic nitrogens is 2. The van der Waals surface area contributed by atoms with Crippen LogP contribution in [-0.4, -0.2) is 23.4 Å². The van der Waals surface area contributed by atoms with Crippen LogP contribution in [-0.2, 0) is 17.6 Å². The van der Waals surface area contributed by atoms with E-state index in [1.807, 2.05) is 0 Å². The number of nitrogens with two attached hydrogens (primary N) is 1. The van der Waals surface area contributed by atoms with Crippen molar-refractivity contribution in [3.8, 4) is 0 Å². The number of rotatable bonds is 8. The van der Waals surface area contributed by atoms with Crippen molar-refractivity contribution in [3.05, 3.63) is 47.1 Å². The monoisotopic (exact) mass is 289 g/mol. The lowest BCUT2D eigenvalue weighted by Gasteiger charge is -2.06. The first-order valence-electron chi connectivity index (χ1n) is 7.40. The Kier molecular flexibility index (Phi) is 5.90. The molecule has 0 bridgehead atoms. The first-order chi connectivity index (χ1) is 10.2. The highest BCUT2D eigenvalue weighted by Crippen LogP contribution is 2.10. The van der Waals surface area contributed by atoms with Crippen molar-refractivity contribution in [3.63, 3.8) is 0 Å². The van der Waals surface area contributed by atoms with E-state index >= 15 is 0 Å². The molecule has 0 aliphatic heterocycles. The summed E-state index contributed by atoms with van der Waals surface area (Å²) in [5.74, 6) is 1.14. The molecule has 0 spiro atoms. The Bertz CT molecular complexity index is 537. The molecule has 0 aliphatic carbocycles. The summed E-state index contributed by atoms with van der Waals surface area (Å²) in [5.41, 5.74) is 8.48. The molecule has 0 amide bonds. The maximum atomic E-state index is 5.96. The second kappa shape index (κ2) is 7.90. The highest BCUT2D eigenvalue weighted by Gasteiger charge is 2.14. The van der Waals surface area contributed by atoms with Gasteiger partial charge in [-0.15, -0.1) is 0 Å². The molecule has 1 aromatic heterocycles. The van der Waals surface area contributed by atoms with Gasteiger partial charge in [0, 0.05) is 13.0 Å². The first kappa shape index (κ1) is 15.7. The largest absolute Gasteiger partial charge is 0.379 e. The Morgan fingerprint density at radius 3 is 2.71 bits per heavy atom. The quantitative estimate of drug-likeness (QED) is 0.756.